The van der Waals surface area contributed by atoms with Crippen LogP contribution in [-0.2, 0) is 4.79 Å². The summed E-state index contributed by atoms with van der Waals surface area (Å²) < 4.78 is 41.5. The van der Waals surface area contributed by atoms with E-state index in [-0.39, 0.29) is 24.3 Å². The second-order valence-electron chi connectivity index (χ2n) is 6.91. The molecular formula is C17H20F3N3O3. The van der Waals surface area contributed by atoms with Crippen LogP contribution >= 0.6 is 0 Å². The van der Waals surface area contributed by atoms with Gasteiger partial charge in [-0.05, 0) is 31.9 Å². The summed E-state index contributed by atoms with van der Waals surface area (Å²) in [7, 11) is 0. The maximum Gasteiger partial charge on any atom is 0.349 e. The van der Waals surface area contributed by atoms with E-state index in [4.69, 9.17) is 10.8 Å². The van der Waals surface area contributed by atoms with Gasteiger partial charge in [-0.3, -0.25) is 9.59 Å². The monoisotopic (exact) mass is 371 g/mol. The Hall–Kier alpha value is -2.29. The molecule has 0 radical (unpaired) electrons. The van der Waals surface area contributed by atoms with Gasteiger partial charge in [-0.15, -0.1) is 0 Å². The molecule has 2 heterocycles. The standard InChI is InChI=1S/C17H20F3N3O3/c1-8-3-4-12(14(21)13(8)18)15(25)22-6-11-5-10(22)7-23(11)16(26)17(19,20)9(2)24/h3-4,9-11,24H,5-7,21H2,1-2H3/t9?,10-,11-/m0/s1. The minimum absolute atomic E-state index is 0.0211. The first-order valence-electron chi connectivity index (χ1n) is 8.28. The van der Waals surface area contributed by atoms with Crippen LogP contribution in [0.4, 0.5) is 18.9 Å². The van der Waals surface area contributed by atoms with Crippen molar-refractivity contribution in [2.45, 2.75) is 44.4 Å². The lowest BCUT2D eigenvalue weighted by Crippen LogP contribution is -2.56. The zero-order valence-electron chi connectivity index (χ0n) is 14.4. The van der Waals surface area contributed by atoms with Crippen LogP contribution in [0.2, 0.25) is 0 Å². The molecule has 2 fully saturated rings. The number of nitrogens with zero attached hydrogens (tertiary/aromatic N) is 2. The second kappa shape index (κ2) is 6.15. The molecule has 3 rings (SSSR count). The maximum atomic E-state index is 13.9. The lowest BCUT2D eigenvalue weighted by atomic mass is 10.1. The number of likely N-dealkylation sites (tertiary alicyclic amines) is 2. The molecule has 2 amide bonds. The predicted molar refractivity (Wildman–Crippen MR) is 87.1 cm³/mol. The Morgan fingerprint density at radius 2 is 1.85 bits per heavy atom. The van der Waals surface area contributed by atoms with Crippen LogP contribution in [-0.4, -0.2) is 63.9 Å². The normalized spacial score (nSPS) is 23.5. The average Bonchev–Trinajstić information content (AvgIpc) is 3.19. The number of carbonyl (C=O) groups is 2. The first-order chi connectivity index (χ1) is 12.1. The van der Waals surface area contributed by atoms with E-state index in [1.165, 1.54) is 24.0 Å². The number of alkyl halides is 2. The first kappa shape index (κ1) is 18.5. The minimum atomic E-state index is -3.87. The highest BCUT2D eigenvalue weighted by molar-refractivity contribution is 6.00. The second-order valence-corrected chi connectivity index (χ2v) is 6.91. The van der Waals surface area contributed by atoms with E-state index in [2.05, 4.69) is 0 Å². The van der Waals surface area contributed by atoms with Crippen molar-refractivity contribution in [3.05, 3.63) is 29.1 Å². The summed E-state index contributed by atoms with van der Waals surface area (Å²) >= 11 is 0. The predicted octanol–water partition coefficient (Wildman–Crippen LogP) is 1.16. The van der Waals surface area contributed by atoms with E-state index in [1.54, 1.807) is 0 Å². The summed E-state index contributed by atoms with van der Waals surface area (Å²) in [5.41, 5.74) is 5.80. The number of benzene rings is 1. The average molecular weight is 371 g/mol. The fourth-order valence-corrected chi connectivity index (χ4v) is 3.58. The van der Waals surface area contributed by atoms with Gasteiger partial charge < -0.3 is 20.6 Å². The van der Waals surface area contributed by atoms with Gasteiger partial charge in [0.2, 0.25) is 0 Å². The number of fused-ring (bicyclic) bond motifs is 2. The van der Waals surface area contributed by atoms with Gasteiger partial charge in [-0.2, -0.15) is 8.78 Å². The Kier molecular flexibility index (Phi) is 4.38. The molecule has 1 unspecified atom stereocenters. The maximum absolute atomic E-state index is 13.9. The lowest BCUT2D eigenvalue weighted by molar-refractivity contribution is -0.174. The number of nitrogens with two attached hydrogens (primary N) is 1. The largest absolute Gasteiger partial charge is 0.396 e. The molecule has 142 valence electrons. The van der Waals surface area contributed by atoms with Gasteiger partial charge in [0.1, 0.15) is 11.9 Å². The number of piperazine rings is 1. The molecule has 2 aliphatic rings. The van der Waals surface area contributed by atoms with Crippen LogP contribution in [0.3, 0.4) is 0 Å². The molecule has 0 aromatic heterocycles. The summed E-state index contributed by atoms with van der Waals surface area (Å²) in [5, 5.41) is 9.14. The van der Waals surface area contributed by atoms with Crippen molar-refractivity contribution in [1.82, 2.24) is 9.80 Å². The van der Waals surface area contributed by atoms with Crippen LogP contribution in [0.15, 0.2) is 12.1 Å². The number of aryl methyl sites for hydroxylation is 1. The number of amides is 2. The Balaban J connectivity index is 1.76. The van der Waals surface area contributed by atoms with Crippen LogP contribution in [0, 0.1) is 12.7 Å². The summed E-state index contributed by atoms with van der Waals surface area (Å²) in [5.74, 6) is -6.45. The summed E-state index contributed by atoms with van der Waals surface area (Å²) in [6.45, 7) is 2.41. The Bertz CT molecular complexity index is 769. The molecule has 26 heavy (non-hydrogen) atoms. The molecular weight excluding hydrogens is 351 g/mol. The number of carbonyl (C=O) groups excluding carboxylic acids is 2. The zero-order valence-corrected chi connectivity index (χ0v) is 14.4. The van der Waals surface area contributed by atoms with Crippen LogP contribution in [0.5, 0.6) is 0 Å². The van der Waals surface area contributed by atoms with Gasteiger partial charge in [-0.1, -0.05) is 6.07 Å². The third-order valence-corrected chi connectivity index (χ3v) is 5.18. The minimum Gasteiger partial charge on any atom is -0.396 e. The number of aliphatic hydroxyl groups excluding tert-OH is 1. The topological polar surface area (TPSA) is 86.9 Å². The highest BCUT2D eigenvalue weighted by Gasteiger charge is 2.54. The van der Waals surface area contributed by atoms with Crippen LogP contribution in [0.25, 0.3) is 0 Å². The number of aliphatic hydroxyl groups is 1. The Morgan fingerprint density at radius 3 is 2.38 bits per heavy atom. The van der Waals surface area contributed by atoms with Crippen molar-refractivity contribution in [1.29, 1.82) is 0 Å². The molecule has 0 saturated carbocycles. The Labute approximate surface area is 148 Å². The zero-order chi connectivity index (χ0) is 19.4. The van der Waals surface area contributed by atoms with Gasteiger partial charge in [0, 0.05) is 13.1 Å². The number of hydrogen-bond acceptors (Lipinski definition) is 4. The SMILES string of the molecule is Cc1ccc(C(=O)N2C[C@@H]3C[C@H]2CN3C(=O)C(F)(F)C(C)O)c(N)c1F. The van der Waals surface area contributed by atoms with Crippen molar-refractivity contribution in [2.24, 2.45) is 0 Å². The van der Waals surface area contributed by atoms with Crippen LogP contribution in [0.1, 0.15) is 29.3 Å². The quantitative estimate of drug-likeness (QED) is 0.781. The third kappa shape index (κ3) is 2.70. The van der Waals surface area contributed by atoms with Gasteiger partial charge >= 0.3 is 5.92 Å². The molecule has 6 nitrogen and oxygen atoms in total. The van der Waals surface area contributed by atoms with Crippen molar-refractivity contribution in [3.63, 3.8) is 0 Å². The lowest BCUT2D eigenvalue weighted by Gasteiger charge is -2.36. The molecule has 3 N–H and O–H groups in total. The molecule has 2 saturated heterocycles. The molecule has 2 aliphatic heterocycles. The van der Waals surface area contributed by atoms with Crippen molar-refractivity contribution < 1.29 is 27.9 Å². The van der Waals surface area contributed by atoms with E-state index in [0.29, 0.717) is 12.0 Å². The van der Waals surface area contributed by atoms with Crippen molar-refractivity contribution >= 4 is 17.5 Å². The van der Waals surface area contributed by atoms with Gasteiger partial charge in [0.25, 0.3) is 11.8 Å². The van der Waals surface area contributed by atoms with Gasteiger partial charge in [-0.25, -0.2) is 4.39 Å². The molecule has 0 aliphatic carbocycles. The van der Waals surface area contributed by atoms with E-state index in [0.717, 1.165) is 11.8 Å². The van der Waals surface area contributed by atoms with Crippen molar-refractivity contribution in [2.75, 3.05) is 18.8 Å². The van der Waals surface area contributed by atoms with Crippen molar-refractivity contribution in [3.8, 4) is 0 Å². The number of hydrogen-bond donors (Lipinski definition) is 2. The summed E-state index contributed by atoms with van der Waals surface area (Å²) in [4.78, 5) is 27.2. The van der Waals surface area contributed by atoms with Gasteiger partial charge in [0.15, 0.2) is 0 Å². The number of anilines is 1. The molecule has 9 heteroatoms. The highest BCUT2D eigenvalue weighted by atomic mass is 19.3. The van der Waals surface area contributed by atoms with E-state index < -0.39 is 41.7 Å². The first-order valence-corrected chi connectivity index (χ1v) is 8.28. The fraction of sp³-hybridized carbons (Fsp3) is 0.529. The van der Waals surface area contributed by atoms with E-state index in [1.807, 2.05) is 0 Å². The van der Waals surface area contributed by atoms with E-state index in [9.17, 15) is 22.8 Å². The summed E-state index contributed by atoms with van der Waals surface area (Å²) in [6, 6.07) is 1.89. The highest BCUT2D eigenvalue weighted by Crippen LogP contribution is 2.36. The molecule has 2 bridgehead atoms. The molecule has 3 atom stereocenters. The smallest absolute Gasteiger partial charge is 0.349 e. The number of nitrogen functional groups attached to an aromatic ring is 1. The third-order valence-electron chi connectivity index (χ3n) is 5.18. The Morgan fingerprint density at radius 1 is 1.27 bits per heavy atom. The molecule has 1 aromatic rings. The molecule has 1 aromatic carbocycles. The number of halogens is 3. The van der Waals surface area contributed by atoms with Crippen LogP contribution < -0.4 is 5.73 Å². The summed E-state index contributed by atoms with van der Waals surface area (Å²) in [6.07, 6.45) is -1.73. The van der Waals surface area contributed by atoms with E-state index >= 15 is 0 Å². The molecule has 0 spiro atoms. The van der Waals surface area contributed by atoms with Gasteiger partial charge in [0.05, 0.1) is 23.3 Å². The number of rotatable bonds is 3. The fourth-order valence-electron chi connectivity index (χ4n) is 3.58.